The second-order valence-corrected chi connectivity index (χ2v) is 5.33. The van der Waals surface area contributed by atoms with Gasteiger partial charge in [0.25, 0.3) is 0 Å². The zero-order valence-corrected chi connectivity index (χ0v) is 13.8. The first kappa shape index (κ1) is 18.5. The first-order chi connectivity index (χ1) is 10.8. The molecule has 0 saturated carbocycles. The van der Waals surface area contributed by atoms with E-state index in [0.29, 0.717) is 18.8 Å². The molecule has 0 spiro atoms. The van der Waals surface area contributed by atoms with E-state index in [1.807, 2.05) is 0 Å². The minimum absolute atomic E-state index is 0.443. The fourth-order valence-corrected chi connectivity index (χ4v) is 1.96. The zero-order chi connectivity index (χ0) is 16.0. The first-order valence-electron chi connectivity index (χ1n) is 8.34. The molecule has 0 aliphatic carbocycles. The monoisotopic (exact) mass is 308 g/mol. The number of carbonyl (C=O) groups is 1. The smallest absolute Gasteiger partial charge is 0.373 e. The average Bonchev–Trinajstić information content (AvgIpc) is 2.55. The van der Waals surface area contributed by atoms with Crippen LogP contribution in [0.2, 0.25) is 0 Å². The van der Waals surface area contributed by atoms with Gasteiger partial charge in [0, 0.05) is 0 Å². The number of benzene rings is 1. The van der Waals surface area contributed by atoms with Crippen molar-refractivity contribution in [3.8, 4) is 5.75 Å². The van der Waals surface area contributed by atoms with E-state index >= 15 is 0 Å². The maximum absolute atomic E-state index is 11.7. The average molecular weight is 308 g/mol. The van der Waals surface area contributed by atoms with Gasteiger partial charge in [0.05, 0.1) is 18.8 Å². The van der Waals surface area contributed by atoms with Crippen LogP contribution in [0.15, 0.2) is 24.3 Å². The molecule has 0 aliphatic rings. The molecule has 0 bridgehead atoms. The quantitative estimate of drug-likeness (QED) is 0.312. The summed E-state index contributed by atoms with van der Waals surface area (Å²) in [6.07, 6.45) is 7.79. The predicted molar refractivity (Wildman–Crippen MR) is 87.0 cm³/mol. The van der Waals surface area contributed by atoms with E-state index in [1.165, 1.54) is 19.3 Å². The van der Waals surface area contributed by atoms with Gasteiger partial charge in [-0.3, -0.25) is 4.89 Å². The third-order valence-corrected chi connectivity index (χ3v) is 3.32. The van der Waals surface area contributed by atoms with Gasteiger partial charge in [0.1, 0.15) is 5.75 Å². The molecular weight excluding hydrogens is 280 g/mol. The molecule has 1 aromatic rings. The SMILES string of the molecule is CCCCCCOc1ccc(C(=O)OOCCCCC)cc1. The molecule has 0 radical (unpaired) electrons. The lowest BCUT2D eigenvalue weighted by Gasteiger charge is -2.07. The normalized spacial score (nSPS) is 10.5. The second kappa shape index (κ2) is 12.0. The third kappa shape index (κ3) is 8.03. The second-order valence-electron chi connectivity index (χ2n) is 5.33. The van der Waals surface area contributed by atoms with Crippen molar-refractivity contribution in [2.45, 2.75) is 58.8 Å². The maximum atomic E-state index is 11.7. The molecule has 0 fully saturated rings. The predicted octanol–water partition coefficient (Wildman–Crippen LogP) is 4.92. The van der Waals surface area contributed by atoms with Crippen LogP contribution in [0.4, 0.5) is 0 Å². The number of carbonyl (C=O) groups excluding carboxylic acids is 1. The van der Waals surface area contributed by atoms with Gasteiger partial charge < -0.3 is 4.74 Å². The largest absolute Gasteiger partial charge is 0.494 e. The summed E-state index contributed by atoms with van der Waals surface area (Å²) in [5.41, 5.74) is 0.467. The molecule has 0 aromatic heterocycles. The summed E-state index contributed by atoms with van der Waals surface area (Å²) < 4.78 is 5.63. The summed E-state index contributed by atoms with van der Waals surface area (Å²) >= 11 is 0. The van der Waals surface area contributed by atoms with Crippen molar-refractivity contribution in [1.82, 2.24) is 0 Å². The van der Waals surface area contributed by atoms with Gasteiger partial charge in [-0.2, -0.15) is 4.89 Å². The van der Waals surface area contributed by atoms with Crippen LogP contribution < -0.4 is 4.74 Å². The van der Waals surface area contributed by atoms with Crippen LogP contribution in [0.5, 0.6) is 5.75 Å². The molecule has 124 valence electrons. The highest BCUT2D eigenvalue weighted by atomic mass is 17.2. The van der Waals surface area contributed by atoms with Crippen LogP contribution in [0.25, 0.3) is 0 Å². The van der Waals surface area contributed by atoms with Crippen molar-refractivity contribution in [3.05, 3.63) is 29.8 Å². The number of rotatable bonds is 12. The molecule has 0 atom stereocenters. The van der Waals surface area contributed by atoms with E-state index in [2.05, 4.69) is 13.8 Å². The Bertz CT molecular complexity index is 400. The lowest BCUT2D eigenvalue weighted by atomic mass is 10.2. The van der Waals surface area contributed by atoms with E-state index in [0.717, 1.165) is 31.4 Å². The Balaban J connectivity index is 2.23. The molecule has 0 saturated heterocycles. The Hall–Kier alpha value is -1.55. The van der Waals surface area contributed by atoms with Crippen molar-refractivity contribution < 1.29 is 19.3 Å². The van der Waals surface area contributed by atoms with Crippen molar-refractivity contribution in [2.24, 2.45) is 0 Å². The molecule has 0 aliphatic heterocycles. The lowest BCUT2D eigenvalue weighted by Crippen LogP contribution is -2.07. The number of hydrogen-bond donors (Lipinski definition) is 0. The fourth-order valence-electron chi connectivity index (χ4n) is 1.96. The zero-order valence-electron chi connectivity index (χ0n) is 13.8. The van der Waals surface area contributed by atoms with E-state index in [4.69, 9.17) is 14.5 Å². The molecule has 1 aromatic carbocycles. The highest BCUT2D eigenvalue weighted by Crippen LogP contribution is 2.14. The van der Waals surface area contributed by atoms with Crippen molar-refractivity contribution in [3.63, 3.8) is 0 Å². The van der Waals surface area contributed by atoms with Crippen LogP contribution in [0.1, 0.15) is 69.2 Å². The molecule has 0 heterocycles. The van der Waals surface area contributed by atoms with Gasteiger partial charge in [-0.1, -0.05) is 46.0 Å². The van der Waals surface area contributed by atoms with Crippen molar-refractivity contribution in [1.29, 1.82) is 0 Å². The Kier molecular flexibility index (Phi) is 10.1. The standard InChI is InChI=1S/C18H28O4/c1-3-5-7-9-14-20-17-12-10-16(11-13-17)18(19)22-21-15-8-6-4-2/h10-13H,3-9,14-15H2,1-2H3. The molecular formula is C18H28O4. The highest BCUT2D eigenvalue weighted by molar-refractivity contribution is 5.89. The topological polar surface area (TPSA) is 44.8 Å². The van der Waals surface area contributed by atoms with Crippen molar-refractivity contribution >= 4 is 5.97 Å². The van der Waals surface area contributed by atoms with Gasteiger partial charge in [-0.25, -0.2) is 4.79 Å². The maximum Gasteiger partial charge on any atom is 0.373 e. The Morgan fingerprint density at radius 1 is 0.864 bits per heavy atom. The van der Waals surface area contributed by atoms with E-state index in [9.17, 15) is 4.79 Å². The fraction of sp³-hybridized carbons (Fsp3) is 0.611. The first-order valence-corrected chi connectivity index (χ1v) is 8.34. The molecule has 0 amide bonds. The molecule has 0 unspecified atom stereocenters. The minimum atomic E-state index is -0.467. The van der Waals surface area contributed by atoms with E-state index in [1.54, 1.807) is 24.3 Å². The summed E-state index contributed by atoms with van der Waals surface area (Å²) in [5, 5.41) is 0. The van der Waals surface area contributed by atoms with Gasteiger partial charge in [0.2, 0.25) is 0 Å². The summed E-state index contributed by atoms with van der Waals surface area (Å²) in [6, 6.07) is 6.96. The summed E-state index contributed by atoms with van der Waals surface area (Å²) in [4.78, 5) is 21.4. The van der Waals surface area contributed by atoms with Gasteiger partial charge >= 0.3 is 5.97 Å². The Labute approximate surface area is 133 Å². The minimum Gasteiger partial charge on any atom is -0.494 e. The molecule has 22 heavy (non-hydrogen) atoms. The summed E-state index contributed by atoms with van der Waals surface area (Å²) in [7, 11) is 0. The van der Waals surface area contributed by atoms with Crippen LogP contribution in [-0.2, 0) is 9.78 Å². The lowest BCUT2D eigenvalue weighted by molar-refractivity contribution is -0.241. The number of ether oxygens (including phenoxy) is 1. The van der Waals surface area contributed by atoms with Gasteiger partial charge in [-0.15, -0.1) is 0 Å². The number of hydrogen-bond acceptors (Lipinski definition) is 4. The molecule has 4 heteroatoms. The van der Waals surface area contributed by atoms with Crippen LogP contribution in [0, 0.1) is 0 Å². The van der Waals surface area contributed by atoms with Crippen molar-refractivity contribution in [2.75, 3.05) is 13.2 Å². The van der Waals surface area contributed by atoms with E-state index in [-0.39, 0.29) is 0 Å². The Morgan fingerprint density at radius 3 is 2.18 bits per heavy atom. The summed E-state index contributed by atoms with van der Waals surface area (Å²) in [6.45, 7) is 5.45. The van der Waals surface area contributed by atoms with Gasteiger partial charge in [-0.05, 0) is 37.1 Å². The molecule has 4 nitrogen and oxygen atoms in total. The molecule has 0 N–H and O–H groups in total. The summed E-state index contributed by atoms with van der Waals surface area (Å²) in [5.74, 6) is 0.308. The highest BCUT2D eigenvalue weighted by Gasteiger charge is 2.08. The molecule has 1 rings (SSSR count). The van der Waals surface area contributed by atoms with Crippen LogP contribution in [0.3, 0.4) is 0 Å². The van der Waals surface area contributed by atoms with Crippen LogP contribution >= 0.6 is 0 Å². The van der Waals surface area contributed by atoms with Crippen LogP contribution in [-0.4, -0.2) is 19.2 Å². The third-order valence-electron chi connectivity index (χ3n) is 3.32. The Morgan fingerprint density at radius 2 is 1.50 bits per heavy atom. The number of unbranched alkanes of at least 4 members (excludes halogenated alkanes) is 5. The van der Waals surface area contributed by atoms with Gasteiger partial charge in [0.15, 0.2) is 0 Å². The van der Waals surface area contributed by atoms with E-state index < -0.39 is 5.97 Å².